The van der Waals surface area contributed by atoms with Gasteiger partial charge in [-0.1, -0.05) is 36.7 Å². The molecule has 0 unspecified atom stereocenters. The van der Waals surface area contributed by atoms with Crippen molar-refractivity contribution in [2.75, 3.05) is 5.32 Å². The van der Waals surface area contributed by atoms with Crippen molar-refractivity contribution in [3.63, 3.8) is 0 Å². The number of hydrogen-bond acceptors (Lipinski definition) is 2. The summed E-state index contributed by atoms with van der Waals surface area (Å²) in [6.07, 6.45) is 6.03. The number of benzene rings is 2. The van der Waals surface area contributed by atoms with Crippen LogP contribution < -0.4 is 5.32 Å². The molecule has 0 saturated heterocycles. The average Bonchev–Trinajstić information content (AvgIpc) is 2.75. The van der Waals surface area contributed by atoms with Crippen molar-refractivity contribution in [1.82, 2.24) is 4.98 Å². The second-order valence-electron chi connectivity index (χ2n) is 7.94. The van der Waals surface area contributed by atoms with Gasteiger partial charge in [-0.2, -0.15) is 0 Å². The summed E-state index contributed by atoms with van der Waals surface area (Å²) in [7, 11) is 0. The van der Waals surface area contributed by atoms with E-state index in [0.717, 1.165) is 31.2 Å². The maximum atomic E-state index is 13.6. The number of anilines is 1. The summed E-state index contributed by atoms with van der Waals surface area (Å²) in [4.78, 5) is 17.1. The molecule has 1 N–H and O–H groups in total. The van der Waals surface area contributed by atoms with E-state index in [2.05, 4.69) is 34.6 Å². The van der Waals surface area contributed by atoms with E-state index >= 15 is 0 Å². The third-order valence-corrected chi connectivity index (χ3v) is 6.51. The lowest BCUT2D eigenvalue weighted by atomic mass is 9.73. The number of pyridine rings is 1. The number of nitrogens with zero attached hydrogens (tertiary/aromatic N) is 1. The number of hydrogen-bond donors (Lipinski definition) is 1. The van der Waals surface area contributed by atoms with Crippen LogP contribution in [0.2, 0.25) is 5.02 Å². The minimum Gasteiger partial charge on any atom is -0.326 e. The fourth-order valence-corrected chi connectivity index (χ4v) is 4.57. The van der Waals surface area contributed by atoms with Crippen molar-refractivity contribution in [3.05, 3.63) is 71.1 Å². The summed E-state index contributed by atoms with van der Waals surface area (Å²) in [6, 6.07) is 14.8. The highest BCUT2D eigenvalue weighted by atomic mass is 35.5. The van der Waals surface area contributed by atoms with Crippen LogP contribution in [0.15, 0.2) is 54.7 Å². The monoisotopic (exact) mass is 410 g/mol. The van der Waals surface area contributed by atoms with E-state index in [1.807, 2.05) is 19.2 Å². The van der Waals surface area contributed by atoms with Crippen LogP contribution in [0, 0.1) is 17.7 Å². The summed E-state index contributed by atoms with van der Waals surface area (Å²) >= 11 is 5.71. The van der Waals surface area contributed by atoms with Crippen LogP contribution in [0.5, 0.6) is 0 Å². The van der Waals surface area contributed by atoms with Gasteiger partial charge >= 0.3 is 0 Å². The van der Waals surface area contributed by atoms with Crippen LogP contribution in [-0.2, 0) is 4.79 Å². The van der Waals surface area contributed by atoms with E-state index < -0.39 is 5.82 Å². The second kappa shape index (κ2) is 8.50. The van der Waals surface area contributed by atoms with Crippen molar-refractivity contribution in [1.29, 1.82) is 0 Å². The van der Waals surface area contributed by atoms with Crippen LogP contribution in [0.3, 0.4) is 0 Å². The van der Waals surface area contributed by atoms with Crippen LogP contribution >= 0.6 is 11.6 Å². The van der Waals surface area contributed by atoms with Gasteiger partial charge in [0.15, 0.2) is 0 Å². The summed E-state index contributed by atoms with van der Waals surface area (Å²) < 4.78 is 13.6. The first-order chi connectivity index (χ1) is 14.0. The van der Waals surface area contributed by atoms with Gasteiger partial charge in [-0.15, -0.1) is 0 Å². The zero-order chi connectivity index (χ0) is 20.4. The minimum absolute atomic E-state index is 0.0537. The van der Waals surface area contributed by atoms with Gasteiger partial charge in [0.2, 0.25) is 5.91 Å². The van der Waals surface area contributed by atoms with Crippen molar-refractivity contribution >= 4 is 34.1 Å². The molecule has 3 aromatic rings. The Bertz CT molecular complexity index is 1030. The lowest BCUT2D eigenvalue weighted by molar-refractivity contribution is -0.121. The van der Waals surface area contributed by atoms with Crippen molar-refractivity contribution in [2.24, 2.45) is 11.8 Å². The summed E-state index contributed by atoms with van der Waals surface area (Å²) in [5.74, 6) is 0.117. The highest BCUT2D eigenvalue weighted by molar-refractivity contribution is 6.30. The van der Waals surface area contributed by atoms with Crippen molar-refractivity contribution < 1.29 is 9.18 Å². The quantitative estimate of drug-likeness (QED) is 0.528. The largest absolute Gasteiger partial charge is 0.326 e. The van der Waals surface area contributed by atoms with Crippen LogP contribution in [0.4, 0.5) is 10.1 Å². The first-order valence-corrected chi connectivity index (χ1v) is 10.5. The highest BCUT2D eigenvalue weighted by Gasteiger charge is 2.30. The van der Waals surface area contributed by atoms with E-state index in [9.17, 15) is 9.18 Å². The number of aromatic nitrogens is 1. The van der Waals surface area contributed by atoms with E-state index in [-0.39, 0.29) is 16.8 Å². The molecule has 2 aromatic carbocycles. The number of halogens is 2. The van der Waals surface area contributed by atoms with Crippen molar-refractivity contribution in [3.8, 4) is 0 Å². The van der Waals surface area contributed by atoms with Gasteiger partial charge in [-0.05, 0) is 73.4 Å². The number of carbonyl (C=O) groups excluding carboxylic acids is 1. The Labute approximate surface area is 175 Å². The lowest BCUT2D eigenvalue weighted by Gasteiger charge is -2.32. The number of nitrogens with one attached hydrogen (secondary N) is 1. The van der Waals surface area contributed by atoms with Gasteiger partial charge in [0.25, 0.3) is 0 Å². The number of fused-ring (bicyclic) bond motifs is 1. The highest BCUT2D eigenvalue weighted by Crippen LogP contribution is 2.40. The summed E-state index contributed by atoms with van der Waals surface area (Å²) in [5.41, 5.74) is 2.85. The molecular weight excluding hydrogens is 387 g/mol. The van der Waals surface area contributed by atoms with Gasteiger partial charge in [0.05, 0.1) is 10.5 Å². The lowest BCUT2D eigenvalue weighted by Crippen LogP contribution is -2.29. The zero-order valence-electron chi connectivity index (χ0n) is 16.4. The SMILES string of the molecule is C[C@@H](C(=O)Nc1ccc(Cl)c(F)c1)[C@H]1CC[C@@H](c2ccnc3ccccc32)CC1. The maximum Gasteiger partial charge on any atom is 0.227 e. The van der Waals surface area contributed by atoms with E-state index in [1.54, 1.807) is 6.07 Å². The van der Waals surface area contributed by atoms with Gasteiger partial charge in [-0.25, -0.2) is 4.39 Å². The van der Waals surface area contributed by atoms with E-state index in [1.165, 1.54) is 23.1 Å². The van der Waals surface area contributed by atoms with Gasteiger partial charge in [0, 0.05) is 23.2 Å². The molecule has 0 aliphatic heterocycles. The normalized spacial score (nSPS) is 20.4. The molecule has 1 fully saturated rings. The topological polar surface area (TPSA) is 42.0 Å². The number of rotatable bonds is 4. The number of amides is 1. The molecule has 1 aromatic heterocycles. The van der Waals surface area contributed by atoms with Gasteiger partial charge < -0.3 is 5.32 Å². The Kier molecular flexibility index (Phi) is 5.81. The fraction of sp³-hybridized carbons (Fsp3) is 0.333. The van der Waals surface area contributed by atoms with E-state index in [0.29, 0.717) is 17.5 Å². The molecular formula is C24H24ClFN2O. The molecule has 1 amide bonds. The smallest absolute Gasteiger partial charge is 0.227 e. The zero-order valence-corrected chi connectivity index (χ0v) is 17.1. The molecule has 4 rings (SSSR count). The van der Waals surface area contributed by atoms with Crippen LogP contribution in [0.25, 0.3) is 10.9 Å². The predicted octanol–water partition coefficient (Wildman–Crippen LogP) is 6.58. The molecule has 1 aliphatic rings. The Morgan fingerprint density at radius 1 is 1.14 bits per heavy atom. The summed E-state index contributed by atoms with van der Waals surface area (Å²) in [6.45, 7) is 1.97. The van der Waals surface area contributed by atoms with Crippen LogP contribution in [-0.4, -0.2) is 10.9 Å². The molecule has 150 valence electrons. The van der Waals surface area contributed by atoms with Gasteiger partial charge in [0.1, 0.15) is 5.82 Å². The Morgan fingerprint density at radius 2 is 1.90 bits per heavy atom. The first kappa shape index (κ1) is 19.8. The molecule has 3 nitrogen and oxygen atoms in total. The van der Waals surface area contributed by atoms with Crippen LogP contribution in [0.1, 0.15) is 44.1 Å². The molecule has 29 heavy (non-hydrogen) atoms. The predicted molar refractivity (Wildman–Crippen MR) is 116 cm³/mol. The number of carbonyl (C=O) groups is 1. The molecule has 1 saturated carbocycles. The summed E-state index contributed by atoms with van der Waals surface area (Å²) in [5, 5.41) is 4.11. The third-order valence-electron chi connectivity index (χ3n) is 6.20. The molecule has 0 spiro atoms. The Hall–Kier alpha value is -2.46. The number of para-hydroxylation sites is 1. The van der Waals surface area contributed by atoms with Crippen molar-refractivity contribution in [2.45, 2.75) is 38.5 Å². The average molecular weight is 411 g/mol. The molecule has 1 atom stereocenters. The molecule has 0 radical (unpaired) electrons. The standard InChI is InChI=1S/C24H24ClFN2O/c1-15(24(29)28-18-10-11-21(25)22(26)14-18)16-6-8-17(9-7-16)19-12-13-27-23-5-3-2-4-20(19)23/h2-5,10-17H,6-9H2,1H3,(H,28,29)/t15-,16-,17+/m1/s1. The molecule has 0 bridgehead atoms. The Morgan fingerprint density at radius 3 is 2.66 bits per heavy atom. The maximum absolute atomic E-state index is 13.6. The fourth-order valence-electron chi connectivity index (χ4n) is 4.45. The minimum atomic E-state index is -0.526. The van der Waals surface area contributed by atoms with E-state index in [4.69, 9.17) is 11.6 Å². The molecule has 1 heterocycles. The third kappa shape index (κ3) is 4.27. The first-order valence-electron chi connectivity index (χ1n) is 10.1. The van der Waals surface area contributed by atoms with Gasteiger partial charge in [-0.3, -0.25) is 9.78 Å². The molecule has 1 aliphatic carbocycles. The second-order valence-corrected chi connectivity index (χ2v) is 8.34. The molecule has 5 heteroatoms. The Balaban J connectivity index is 1.39.